The van der Waals surface area contributed by atoms with Crippen LogP contribution in [0.3, 0.4) is 0 Å². The Kier molecular flexibility index (Phi) is 4.33. The van der Waals surface area contributed by atoms with E-state index in [4.69, 9.17) is 9.47 Å². The number of likely N-dealkylation sites (tertiary alicyclic amines) is 1. The van der Waals surface area contributed by atoms with E-state index in [9.17, 15) is 0 Å². The van der Waals surface area contributed by atoms with Crippen molar-refractivity contribution in [3.05, 3.63) is 46.8 Å². The fourth-order valence-corrected chi connectivity index (χ4v) is 4.23. The quantitative estimate of drug-likeness (QED) is 0.861. The molecular weight excluding hydrogens is 308 g/mol. The summed E-state index contributed by atoms with van der Waals surface area (Å²) in [6.07, 6.45) is 5.08. The van der Waals surface area contributed by atoms with Crippen molar-refractivity contribution in [1.29, 1.82) is 0 Å². The standard InChI is InChI=1S/C18H22N2O2S/c1-2-7-19-17(3-1)22-16-11-18(21-13-16)5-8-20(9-6-18)12-15-4-10-23-14-15/h1-4,7,10,14,16H,5-6,8-9,11-13H2/t16-/m0/s1. The maximum atomic E-state index is 6.17. The number of hydrogen-bond acceptors (Lipinski definition) is 5. The monoisotopic (exact) mass is 330 g/mol. The Labute approximate surface area is 141 Å². The molecule has 0 N–H and O–H groups in total. The molecule has 0 bridgehead atoms. The summed E-state index contributed by atoms with van der Waals surface area (Å²) in [5.41, 5.74) is 1.44. The predicted octanol–water partition coefficient (Wildman–Crippen LogP) is 3.35. The summed E-state index contributed by atoms with van der Waals surface area (Å²) in [5.74, 6) is 0.702. The van der Waals surface area contributed by atoms with Crippen LogP contribution in [0.25, 0.3) is 0 Å². The summed E-state index contributed by atoms with van der Waals surface area (Å²) in [4.78, 5) is 6.78. The van der Waals surface area contributed by atoms with Crippen molar-refractivity contribution < 1.29 is 9.47 Å². The van der Waals surface area contributed by atoms with Crippen LogP contribution in [0, 0.1) is 0 Å². The summed E-state index contributed by atoms with van der Waals surface area (Å²) in [5, 5.41) is 4.40. The number of rotatable bonds is 4. The Morgan fingerprint density at radius 3 is 2.96 bits per heavy atom. The summed E-state index contributed by atoms with van der Waals surface area (Å²) in [6, 6.07) is 7.99. The number of thiophene rings is 1. The van der Waals surface area contributed by atoms with Gasteiger partial charge in [-0.25, -0.2) is 4.98 Å². The van der Waals surface area contributed by atoms with Crippen LogP contribution in [0.1, 0.15) is 24.8 Å². The molecule has 2 aromatic heterocycles. The Hall–Kier alpha value is -1.43. The highest BCUT2D eigenvalue weighted by atomic mass is 32.1. The third-order valence-corrected chi connectivity index (χ3v) is 5.59. The zero-order valence-corrected chi connectivity index (χ0v) is 14.0. The highest BCUT2D eigenvalue weighted by Gasteiger charge is 2.43. The van der Waals surface area contributed by atoms with E-state index in [1.54, 1.807) is 17.5 Å². The molecule has 0 aromatic carbocycles. The van der Waals surface area contributed by atoms with Crippen molar-refractivity contribution in [2.45, 2.75) is 37.5 Å². The molecule has 122 valence electrons. The Morgan fingerprint density at radius 1 is 1.30 bits per heavy atom. The first-order valence-electron chi connectivity index (χ1n) is 8.26. The molecule has 0 aliphatic carbocycles. The Morgan fingerprint density at radius 2 is 2.22 bits per heavy atom. The van der Waals surface area contributed by atoms with E-state index in [0.717, 1.165) is 38.9 Å². The maximum Gasteiger partial charge on any atom is 0.213 e. The molecule has 2 fully saturated rings. The molecule has 0 radical (unpaired) electrons. The molecule has 23 heavy (non-hydrogen) atoms. The topological polar surface area (TPSA) is 34.6 Å². The maximum absolute atomic E-state index is 6.17. The van der Waals surface area contributed by atoms with E-state index in [-0.39, 0.29) is 11.7 Å². The van der Waals surface area contributed by atoms with Gasteiger partial charge in [-0.3, -0.25) is 4.90 Å². The molecule has 1 atom stereocenters. The third kappa shape index (κ3) is 3.57. The van der Waals surface area contributed by atoms with E-state index in [2.05, 4.69) is 26.7 Å². The van der Waals surface area contributed by atoms with Crippen LogP contribution in [0.4, 0.5) is 0 Å². The normalized spacial score (nSPS) is 24.1. The van der Waals surface area contributed by atoms with Gasteiger partial charge in [-0.2, -0.15) is 11.3 Å². The van der Waals surface area contributed by atoms with Crippen molar-refractivity contribution in [3.63, 3.8) is 0 Å². The van der Waals surface area contributed by atoms with Crippen LogP contribution < -0.4 is 4.74 Å². The Bertz CT molecular complexity index is 609. The van der Waals surface area contributed by atoms with Crippen molar-refractivity contribution in [3.8, 4) is 5.88 Å². The van der Waals surface area contributed by atoms with Gasteiger partial charge in [0.2, 0.25) is 5.88 Å². The minimum atomic E-state index is 0.0184. The van der Waals surface area contributed by atoms with Crippen LogP contribution in [-0.2, 0) is 11.3 Å². The van der Waals surface area contributed by atoms with E-state index >= 15 is 0 Å². The van der Waals surface area contributed by atoms with Crippen LogP contribution in [-0.4, -0.2) is 41.3 Å². The highest BCUT2D eigenvalue weighted by Crippen LogP contribution is 2.37. The van der Waals surface area contributed by atoms with Crippen molar-refractivity contribution in [2.24, 2.45) is 0 Å². The van der Waals surface area contributed by atoms with Crippen LogP contribution >= 0.6 is 11.3 Å². The first-order valence-corrected chi connectivity index (χ1v) is 9.21. The molecule has 4 rings (SSSR count). The van der Waals surface area contributed by atoms with Gasteiger partial charge in [0, 0.05) is 38.3 Å². The molecule has 4 nitrogen and oxygen atoms in total. The second-order valence-electron chi connectivity index (χ2n) is 6.51. The van der Waals surface area contributed by atoms with Gasteiger partial charge in [-0.15, -0.1) is 0 Å². The largest absolute Gasteiger partial charge is 0.472 e. The average Bonchev–Trinajstić information content (AvgIpc) is 3.22. The molecule has 4 heterocycles. The van der Waals surface area contributed by atoms with Crippen molar-refractivity contribution in [2.75, 3.05) is 19.7 Å². The molecule has 5 heteroatoms. The lowest BCUT2D eigenvalue weighted by Gasteiger charge is -2.38. The number of ether oxygens (including phenoxy) is 2. The molecule has 0 saturated carbocycles. The second-order valence-corrected chi connectivity index (χ2v) is 7.29. The lowest BCUT2D eigenvalue weighted by Crippen LogP contribution is -2.44. The van der Waals surface area contributed by atoms with Crippen LogP contribution in [0.5, 0.6) is 5.88 Å². The van der Waals surface area contributed by atoms with Crippen molar-refractivity contribution in [1.82, 2.24) is 9.88 Å². The van der Waals surface area contributed by atoms with E-state index in [0.29, 0.717) is 12.5 Å². The van der Waals surface area contributed by atoms with Gasteiger partial charge >= 0.3 is 0 Å². The smallest absolute Gasteiger partial charge is 0.213 e. The lowest BCUT2D eigenvalue weighted by molar-refractivity contribution is -0.0454. The highest BCUT2D eigenvalue weighted by molar-refractivity contribution is 7.07. The fourth-order valence-electron chi connectivity index (χ4n) is 3.57. The minimum Gasteiger partial charge on any atom is -0.472 e. The first kappa shape index (κ1) is 15.1. The molecular formula is C18H22N2O2S. The number of nitrogens with zero attached hydrogens (tertiary/aromatic N) is 2. The summed E-state index contributed by atoms with van der Waals surface area (Å²) < 4.78 is 12.1. The fraction of sp³-hybridized carbons (Fsp3) is 0.500. The molecule has 2 aliphatic rings. The SMILES string of the molecule is c1ccc(O[C@@H]2COC3(CCN(Cc4ccsc4)CC3)C2)nc1. The predicted molar refractivity (Wildman–Crippen MR) is 90.8 cm³/mol. The van der Waals surface area contributed by atoms with Gasteiger partial charge < -0.3 is 9.47 Å². The zero-order valence-electron chi connectivity index (χ0n) is 13.2. The summed E-state index contributed by atoms with van der Waals surface area (Å²) in [6.45, 7) is 3.95. The van der Waals surface area contributed by atoms with Gasteiger partial charge in [0.25, 0.3) is 0 Å². The zero-order chi connectivity index (χ0) is 15.5. The third-order valence-electron chi connectivity index (χ3n) is 4.85. The second kappa shape index (κ2) is 6.59. The van der Waals surface area contributed by atoms with E-state index in [1.165, 1.54) is 5.56 Å². The summed E-state index contributed by atoms with van der Waals surface area (Å²) in [7, 11) is 0. The first-order chi connectivity index (χ1) is 11.3. The van der Waals surface area contributed by atoms with Crippen molar-refractivity contribution >= 4 is 11.3 Å². The molecule has 2 aromatic rings. The molecule has 1 spiro atoms. The minimum absolute atomic E-state index is 0.0184. The van der Waals surface area contributed by atoms with Gasteiger partial charge in [0.15, 0.2) is 0 Å². The number of hydrogen-bond donors (Lipinski definition) is 0. The molecule has 0 amide bonds. The van der Waals surface area contributed by atoms with E-state index < -0.39 is 0 Å². The Balaban J connectivity index is 1.29. The van der Waals surface area contributed by atoms with Gasteiger partial charge in [-0.05, 0) is 41.3 Å². The van der Waals surface area contributed by atoms with Gasteiger partial charge in [0.1, 0.15) is 6.10 Å². The molecule has 2 aliphatic heterocycles. The van der Waals surface area contributed by atoms with E-state index in [1.807, 2.05) is 18.2 Å². The van der Waals surface area contributed by atoms with Gasteiger partial charge in [0.05, 0.1) is 12.2 Å². The lowest BCUT2D eigenvalue weighted by atomic mass is 9.88. The number of pyridine rings is 1. The molecule has 2 saturated heterocycles. The van der Waals surface area contributed by atoms with Crippen LogP contribution in [0.2, 0.25) is 0 Å². The number of aromatic nitrogens is 1. The van der Waals surface area contributed by atoms with Gasteiger partial charge in [-0.1, -0.05) is 6.07 Å². The average molecular weight is 330 g/mol. The van der Waals surface area contributed by atoms with Crippen LogP contribution in [0.15, 0.2) is 41.2 Å². The number of piperidine rings is 1. The molecule has 0 unspecified atom stereocenters. The summed E-state index contributed by atoms with van der Waals surface area (Å²) >= 11 is 1.77.